The van der Waals surface area contributed by atoms with Gasteiger partial charge in [0.2, 0.25) is 0 Å². The summed E-state index contributed by atoms with van der Waals surface area (Å²) in [5.74, 6) is -0.810. The molecule has 1 aliphatic rings. The third-order valence-electron chi connectivity index (χ3n) is 3.09. The highest BCUT2D eigenvalue weighted by Gasteiger charge is 2.44. The van der Waals surface area contributed by atoms with Crippen molar-refractivity contribution >= 4 is 12.0 Å². The van der Waals surface area contributed by atoms with Crippen molar-refractivity contribution in [2.45, 2.75) is 19.8 Å². The predicted octanol–water partition coefficient (Wildman–Crippen LogP) is 0.359. The van der Waals surface area contributed by atoms with Crippen molar-refractivity contribution in [3.8, 4) is 0 Å². The number of urea groups is 1. The van der Waals surface area contributed by atoms with Crippen LogP contribution in [-0.4, -0.2) is 54.2 Å². The Balaban J connectivity index is 2.64. The lowest BCUT2D eigenvalue weighted by Crippen LogP contribution is -2.46. The molecule has 0 spiro atoms. The van der Waals surface area contributed by atoms with Gasteiger partial charge < -0.3 is 10.0 Å². The maximum Gasteiger partial charge on any atom is 0.331 e. The smallest absolute Gasteiger partial charge is 0.331 e. The van der Waals surface area contributed by atoms with Crippen LogP contribution in [0.15, 0.2) is 0 Å². The summed E-state index contributed by atoms with van der Waals surface area (Å²) in [7, 11) is 3.44. The lowest BCUT2D eigenvalue weighted by Gasteiger charge is -2.24. The van der Waals surface area contributed by atoms with Crippen LogP contribution in [0.1, 0.15) is 19.8 Å². The van der Waals surface area contributed by atoms with Gasteiger partial charge in [0, 0.05) is 27.2 Å². The van der Waals surface area contributed by atoms with Gasteiger partial charge in [-0.05, 0) is 12.8 Å². The molecule has 1 rings (SSSR count). The molecule has 6 nitrogen and oxygen atoms in total. The summed E-state index contributed by atoms with van der Waals surface area (Å²) in [6.45, 7) is 2.64. The van der Waals surface area contributed by atoms with Crippen LogP contribution in [-0.2, 0) is 4.79 Å². The minimum Gasteiger partial charge on any atom is -0.481 e. The van der Waals surface area contributed by atoms with E-state index in [4.69, 9.17) is 0 Å². The van der Waals surface area contributed by atoms with Crippen LogP contribution in [0.3, 0.4) is 0 Å². The van der Waals surface area contributed by atoms with E-state index in [9.17, 15) is 14.7 Å². The predicted molar refractivity (Wildman–Crippen MR) is 58.8 cm³/mol. The molecular formula is C10H19N3O3. The first kappa shape index (κ1) is 12.8. The van der Waals surface area contributed by atoms with Crippen LogP contribution >= 0.6 is 0 Å². The average molecular weight is 229 g/mol. The van der Waals surface area contributed by atoms with Gasteiger partial charge in [0.25, 0.3) is 0 Å². The Morgan fingerprint density at radius 3 is 2.50 bits per heavy atom. The first-order valence-electron chi connectivity index (χ1n) is 5.37. The summed E-state index contributed by atoms with van der Waals surface area (Å²) in [6, 6.07) is -0.235. The van der Waals surface area contributed by atoms with E-state index in [1.54, 1.807) is 24.0 Å². The molecule has 2 amide bonds. The molecule has 92 valence electrons. The number of carboxylic acids is 1. The molecule has 0 aromatic heterocycles. The number of amides is 2. The molecule has 0 aromatic carbocycles. The number of hydrogen-bond acceptors (Lipinski definition) is 3. The monoisotopic (exact) mass is 229 g/mol. The summed E-state index contributed by atoms with van der Waals surface area (Å²) in [5, 5.41) is 10.7. The van der Waals surface area contributed by atoms with Gasteiger partial charge in [-0.2, -0.15) is 0 Å². The Morgan fingerprint density at radius 2 is 2.12 bits per heavy atom. The molecule has 16 heavy (non-hydrogen) atoms. The van der Waals surface area contributed by atoms with E-state index in [2.05, 4.69) is 5.43 Å². The molecule has 1 aliphatic heterocycles. The zero-order chi connectivity index (χ0) is 12.3. The Labute approximate surface area is 95.2 Å². The van der Waals surface area contributed by atoms with Crippen LogP contribution in [0.4, 0.5) is 4.79 Å². The molecule has 0 saturated carbocycles. The van der Waals surface area contributed by atoms with E-state index in [-0.39, 0.29) is 6.03 Å². The lowest BCUT2D eigenvalue weighted by atomic mass is 9.84. The molecule has 0 aromatic rings. The van der Waals surface area contributed by atoms with E-state index >= 15 is 0 Å². The first-order chi connectivity index (χ1) is 7.41. The summed E-state index contributed by atoms with van der Waals surface area (Å²) >= 11 is 0. The average Bonchev–Trinajstić information content (AvgIpc) is 2.61. The number of hydrazine groups is 1. The number of aliphatic carboxylic acids is 1. The van der Waals surface area contributed by atoms with Crippen molar-refractivity contribution in [2.75, 3.05) is 27.2 Å². The highest BCUT2D eigenvalue weighted by Crippen LogP contribution is 2.34. The second-order valence-electron chi connectivity index (χ2n) is 4.42. The van der Waals surface area contributed by atoms with Gasteiger partial charge in [-0.15, -0.1) is 0 Å². The van der Waals surface area contributed by atoms with Crippen molar-refractivity contribution in [1.82, 2.24) is 15.3 Å². The molecule has 0 radical (unpaired) electrons. The fraction of sp³-hybridized carbons (Fsp3) is 0.800. The summed E-state index contributed by atoms with van der Waals surface area (Å²) in [4.78, 5) is 24.4. The van der Waals surface area contributed by atoms with E-state index < -0.39 is 11.4 Å². The zero-order valence-electron chi connectivity index (χ0n) is 9.99. The number of carboxylic acid groups (broad SMARTS) is 1. The van der Waals surface area contributed by atoms with E-state index in [1.807, 2.05) is 6.92 Å². The minimum atomic E-state index is -0.810. The normalized spacial score (nSPS) is 24.9. The quantitative estimate of drug-likeness (QED) is 0.685. The van der Waals surface area contributed by atoms with Crippen molar-refractivity contribution < 1.29 is 14.7 Å². The molecule has 1 heterocycles. The van der Waals surface area contributed by atoms with E-state index in [0.29, 0.717) is 25.9 Å². The fourth-order valence-electron chi connectivity index (χ4n) is 1.92. The van der Waals surface area contributed by atoms with Gasteiger partial charge in [-0.25, -0.2) is 9.80 Å². The Kier molecular flexibility index (Phi) is 3.74. The largest absolute Gasteiger partial charge is 0.481 e. The topological polar surface area (TPSA) is 72.9 Å². The highest BCUT2D eigenvalue weighted by molar-refractivity contribution is 5.79. The van der Waals surface area contributed by atoms with Gasteiger partial charge in [0.15, 0.2) is 0 Å². The van der Waals surface area contributed by atoms with Crippen molar-refractivity contribution in [3.05, 3.63) is 0 Å². The number of likely N-dealkylation sites (tertiary alicyclic amines) is 1. The zero-order valence-corrected chi connectivity index (χ0v) is 9.99. The van der Waals surface area contributed by atoms with Crippen LogP contribution in [0, 0.1) is 5.41 Å². The summed E-state index contributed by atoms with van der Waals surface area (Å²) in [6.07, 6.45) is 1.08. The van der Waals surface area contributed by atoms with Crippen molar-refractivity contribution in [3.63, 3.8) is 0 Å². The SMILES string of the molecule is CCC1(C(=O)O)CCN(C(=O)NN(C)C)C1. The van der Waals surface area contributed by atoms with Crippen LogP contribution in [0.2, 0.25) is 0 Å². The van der Waals surface area contributed by atoms with Crippen LogP contribution in [0.5, 0.6) is 0 Å². The third-order valence-corrected chi connectivity index (χ3v) is 3.09. The Hall–Kier alpha value is -1.30. The molecule has 0 aliphatic carbocycles. The van der Waals surface area contributed by atoms with E-state index in [1.165, 1.54) is 0 Å². The Morgan fingerprint density at radius 1 is 1.50 bits per heavy atom. The fourth-order valence-corrected chi connectivity index (χ4v) is 1.92. The number of hydrogen-bond donors (Lipinski definition) is 2. The molecular weight excluding hydrogens is 210 g/mol. The third kappa shape index (κ3) is 2.44. The molecule has 2 N–H and O–H groups in total. The number of nitrogens with zero attached hydrogens (tertiary/aromatic N) is 2. The van der Waals surface area contributed by atoms with E-state index in [0.717, 1.165) is 0 Å². The second-order valence-corrected chi connectivity index (χ2v) is 4.42. The highest BCUT2D eigenvalue weighted by atomic mass is 16.4. The van der Waals surface area contributed by atoms with Crippen LogP contribution < -0.4 is 5.43 Å². The van der Waals surface area contributed by atoms with Gasteiger partial charge in [0.05, 0.1) is 5.41 Å². The summed E-state index contributed by atoms with van der Waals surface area (Å²) < 4.78 is 0. The maximum atomic E-state index is 11.7. The molecule has 6 heteroatoms. The summed E-state index contributed by atoms with van der Waals surface area (Å²) in [5.41, 5.74) is 1.85. The number of carbonyl (C=O) groups is 2. The van der Waals surface area contributed by atoms with Gasteiger partial charge in [-0.3, -0.25) is 10.2 Å². The molecule has 1 atom stereocenters. The molecule has 1 fully saturated rings. The molecule has 0 bridgehead atoms. The standard InChI is InChI=1S/C10H19N3O3/c1-4-10(8(14)15)5-6-13(7-10)9(16)11-12(2)3/h4-7H2,1-3H3,(H,11,16)(H,14,15). The molecule has 1 unspecified atom stereocenters. The Bertz CT molecular complexity index is 293. The van der Waals surface area contributed by atoms with Gasteiger partial charge in [0.1, 0.15) is 0 Å². The van der Waals surface area contributed by atoms with Crippen molar-refractivity contribution in [2.24, 2.45) is 5.41 Å². The maximum absolute atomic E-state index is 11.7. The van der Waals surface area contributed by atoms with Crippen molar-refractivity contribution in [1.29, 1.82) is 0 Å². The number of nitrogens with one attached hydrogen (secondary N) is 1. The number of carbonyl (C=O) groups excluding carboxylic acids is 1. The van der Waals surface area contributed by atoms with Gasteiger partial charge in [-0.1, -0.05) is 6.92 Å². The number of rotatable bonds is 3. The van der Waals surface area contributed by atoms with Crippen LogP contribution in [0.25, 0.3) is 0 Å². The molecule has 1 saturated heterocycles. The lowest BCUT2D eigenvalue weighted by molar-refractivity contribution is -0.148. The van der Waals surface area contributed by atoms with Gasteiger partial charge >= 0.3 is 12.0 Å². The second kappa shape index (κ2) is 4.69. The minimum absolute atomic E-state index is 0.235. The first-order valence-corrected chi connectivity index (χ1v) is 5.37.